The molecule has 0 fully saturated rings. The van der Waals surface area contributed by atoms with Crippen molar-refractivity contribution >= 4 is 29.8 Å². The molecular weight excluding hydrogens is 394 g/mol. The maximum absolute atomic E-state index is 5.39. The molecule has 8 heteroatoms. The second-order valence-corrected chi connectivity index (χ2v) is 7.47. The summed E-state index contributed by atoms with van der Waals surface area (Å²) < 4.78 is 7.43. The maximum Gasteiger partial charge on any atom is 0.257 e. The van der Waals surface area contributed by atoms with Gasteiger partial charge >= 0.3 is 0 Å². The van der Waals surface area contributed by atoms with Crippen LogP contribution in [0.4, 0.5) is 0 Å². The Bertz CT molecular complexity index is 997. The lowest BCUT2D eigenvalue weighted by molar-refractivity contribution is 0.418. The monoisotopic (exact) mass is 415 g/mol. The van der Waals surface area contributed by atoms with Gasteiger partial charge in [-0.15, -0.1) is 24.2 Å². The third-order valence-electron chi connectivity index (χ3n) is 4.35. The lowest BCUT2D eigenvalue weighted by Crippen LogP contribution is -2.24. The van der Waals surface area contributed by atoms with Gasteiger partial charge in [-0.05, 0) is 50.4 Å². The van der Waals surface area contributed by atoms with E-state index < -0.39 is 0 Å². The molecule has 1 aromatic carbocycles. The lowest BCUT2D eigenvalue weighted by Gasteiger charge is -2.04. The standard InChI is InChI=1S/C20H21N5OS.ClH/c1-14(21-2)11-18-23-20(26-24-18)15-6-8-17(9-7-15)27-13-16-12-25-10-4-3-5-19(25)22-16;/h3-10,12,14,21H,11,13H2,1-2H3;1H. The van der Waals surface area contributed by atoms with Crippen LogP contribution in [0.5, 0.6) is 0 Å². The van der Waals surface area contributed by atoms with E-state index in [-0.39, 0.29) is 12.4 Å². The Balaban J connectivity index is 0.00000225. The van der Waals surface area contributed by atoms with E-state index >= 15 is 0 Å². The Kier molecular flexibility index (Phi) is 6.72. The quantitative estimate of drug-likeness (QED) is 0.455. The number of likely N-dealkylation sites (N-methyl/N-ethyl adjacent to an activating group) is 1. The number of aromatic nitrogens is 4. The van der Waals surface area contributed by atoms with Gasteiger partial charge in [0.05, 0.1) is 5.69 Å². The van der Waals surface area contributed by atoms with E-state index in [0.29, 0.717) is 11.9 Å². The fourth-order valence-corrected chi connectivity index (χ4v) is 3.52. The smallest absolute Gasteiger partial charge is 0.257 e. The molecule has 4 aromatic rings. The number of thioether (sulfide) groups is 1. The van der Waals surface area contributed by atoms with E-state index in [9.17, 15) is 0 Å². The molecule has 3 heterocycles. The minimum Gasteiger partial charge on any atom is -0.334 e. The average molecular weight is 416 g/mol. The molecule has 0 radical (unpaired) electrons. The van der Waals surface area contributed by atoms with Gasteiger partial charge in [-0.3, -0.25) is 0 Å². The van der Waals surface area contributed by atoms with Crippen LogP contribution in [0.1, 0.15) is 18.4 Å². The minimum absolute atomic E-state index is 0. The highest BCUT2D eigenvalue weighted by Gasteiger charge is 2.11. The maximum atomic E-state index is 5.39. The Hall–Kier alpha value is -2.35. The first kappa shape index (κ1) is 20.4. The predicted octanol–water partition coefficient (Wildman–Crippen LogP) is 4.25. The molecule has 6 nitrogen and oxygen atoms in total. The second kappa shape index (κ2) is 9.23. The van der Waals surface area contributed by atoms with E-state index in [1.54, 1.807) is 11.8 Å². The number of pyridine rings is 1. The van der Waals surface area contributed by atoms with E-state index in [0.717, 1.165) is 34.9 Å². The number of hydrogen-bond acceptors (Lipinski definition) is 6. The lowest BCUT2D eigenvalue weighted by atomic mass is 10.2. The summed E-state index contributed by atoms with van der Waals surface area (Å²) >= 11 is 1.76. The zero-order valence-corrected chi connectivity index (χ0v) is 17.3. The highest BCUT2D eigenvalue weighted by Crippen LogP contribution is 2.26. The van der Waals surface area contributed by atoms with Crippen LogP contribution >= 0.6 is 24.2 Å². The third-order valence-corrected chi connectivity index (χ3v) is 5.40. The summed E-state index contributed by atoms with van der Waals surface area (Å²) in [5, 5.41) is 7.23. The topological polar surface area (TPSA) is 68.2 Å². The van der Waals surface area contributed by atoms with Crippen LogP contribution in [0.15, 0.2) is 64.3 Å². The van der Waals surface area contributed by atoms with E-state index in [1.807, 2.05) is 48.0 Å². The first-order valence-corrected chi connectivity index (χ1v) is 9.85. The average Bonchev–Trinajstić information content (AvgIpc) is 3.33. The number of fused-ring (bicyclic) bond motifs is 1. The molecule has 0 spiro atoms. The van der Waals surface area contributed by atoms with E-state index in [2.05, 4.69) is 45.7 Å². The SMILES string of the molecule is CNC(C)Cc1noc(-c2ccc(SCc3cn4ccccc4n3)cc2)n1.Cl. The van der Waals surface area contributed by atoms with Crippen molar-refractivity contribution in [3.63, 3.8) is 0 Å². The number of rotatable bonds is 7. The zero-order valence-electron chi connectivity index (χ0n) is 15.7. The first-order valence-electron chi connectivity index (χ1n) is 8.87. The van der Waals surface area contributed by atoms with Crippen molar-refractivity contribution in [3.8, 4) is 11.5 Å². The van der Waals surface area contributed by atoms with Crippen LogP contribution in [-0.4, -0.2) is 32.6 Å². The van der Waals surface area contributed by atoms with Crippen LogP contribution in [0.2, 0.25) is 0 Å². The molecule has 0 aliphatic heterocycles. The molecule has 0 aliphatic carbocycles. The van der Waals surface area contributed by atoms with Crippen molar-refractivity contribution in [1.29, 1.82) is 0 Å². The molecule has 0 saturated carbocycles. The van der Waals surface area contributed by atoms with Crippen LogP contribution in [-0.2, 0) is 12.2 Å². The Morgan fingerprint density at radius 2 is 1.96 bits per heavy atom. The van der Waals surface area contributed by atoms with E-state index in [1.165, 1.54) is 4.90 Å². The van der Waals surface area contributed by atoms with Crippen molar-refractivity contribution < 1.29 is 4.52 Å². The van der Waals surface area contributed by atoms with Gasteiger partial charge in [0, 0.05) is 41.1 Å². The van der Waals surface area contributed by atoms with Crippen LogP contribution in [0.25, 0.3) is 17.1 Å². The van der Waals surface area contributed by atoms with Gasteiger partial charge < -0.3 is 14.2 Å². The molecule has 28 heavy (non-hydrogen) atoms. The summed E-state index contributed by atoms with van der Waals surface area (Å²) in [5.41, 5.74) is 2.97. The van der Waals surface area contributed by atoms with Gasteiger partial charge in [-0.25, -0.2) is 4.98 Å². The predicted molar refractivity (Wildman–Crippen MR) is 114 cm³/mol. The third kappa shape index (κ3) is 4.73. The molecule has 1 N–H and O–H groups in total. The van der Waals surface area contributed by atoms with Gasteiger partial charge in [0.15, 0.2) is 5.82 Å². The highest BCUT2D eigenvalue weighted by atomic mass is 35.5. The number of imidazole rings is 1. The minimum atomic E-state index is 0. The first-order chi connectivity index (χ1) is 13.2. The molecule has 3 aromatic heterocycles. The molecule has 0 bridgehead atoms. The summed E-state index contributed by atoms with van der Waals surface area (Å²) in [6.07, 6.45) is 4.83. The van der Waals surface area contributed by atoms with Gasteiger partial charge in [-0.1, -0.05) is 11.2 Å². The number of nitrogens with zero attached hydrogens (tertiary/aromatic N) is 4. The summed E-state index contributed by atoms with van der Waals surface area (Å²) in [6.45, 7) is 2.09. The Labute approximate surface area is 174 Å². The van der Waals surface area contributed by atoms with Crippen molar-refractivity contribution in [2.75, 3.05) is 7.05 Å². The van der Waals surface area contributed by atoms with Crippen LogP contribution < -0.4 is 5.32 Å². The van der Waals surface area contributed by atoms with Gasteiger partial charge in [-0.2, -0.15) is 4.98 Å². The molecule has 4 rings (SSSR count). The molecule has 146 valence electrons. The van der Waals surface area contributed by atoms with Crippen molar-refractivity contribution in [3.05, 3.63) is 66.4 Å². The Morgan fingerprint density at radius 3 is 2.71 bits per heavy atom. The van der Waals surface area contributed by atoms with Gasteiger partial charge in [0.25, 0.3) is 5.89 Å². The summed E-state index contributed by atoms with van der Waals surface area (Å²) in [6, 6.07) is 14.5. The van der Waals surface area contributed by atoms with Crippen molar-refractivity contribution in [1.82, 2.24) is 24.8 Å². The van der Waals surface area contributed by atoms with Crippen molar-refractivity contribution in [2.45, 2.75) is 30.0 Å². The largest absolute Gasteiger partial charge is 0.334 e. The number of benzene rings is 1. The fourth-order valence-electron chi connectivity index (χ4n) is 2.74. The molecule has 1 atom stereocenters. The van der Waals surface area contributed by atoms with Gasteiger partial charge in [0.2, 0.25) is 0 Å². The van der Waals surface area contributed by atoms with Gasteiger partial charge in [0.1, 0.15) is 5.65 Å². The summed E-state index contributed by atoms with van der Waals surface area (Å²) in [7, 11) is 1.92. The summed E-state index contributed by atoms with van der Waals surface area (Å²) in [5.74, 6) is 2.11. The molecule has 0 aliphatic rings. The second-order valence-electron chi connectivity index (χ2n) is 6.42. The molecule has 0 saturated heterocycles. The highest BCUT2D eigenvalue weighted by molar-refractivity contribution is 7.98. The molecular formula is C20H22ClN5OS. The normalized spacial score (nSPS) is 12.1. The zero-order chi connectivity index (χ0) is 18.6. The van der Waals surface area contributed by atoms with Crippen LogP contribution in [0, 0.1) is 0 Å². The number of halogens is 1. The number of hydrogen-bond donors (Lipinski definition) is 1. The Morgan fingerprint density at radius 1 is 1.14 bits per heavy atom. The number of nitrogens with one attached hydrogen (secondary N) is 1. The fraction of sp³-hybridized carbons (Fsp3) is 0.250. The molecule has 1 unspecified atom stereocenters. The van der Waals surface area contributed by atoms with Crippen molar-refractivity contribution in [2.24, 2.45) is 0 Å². The molecule has 0 amide bonds. The summed E-state index contributed by atoms with van der Waals surface area (Å²) in [4.78, 5) is 10.3. The van der Waals surface area contributed by atoms with E-state index in [4.69, 9.17) is 4.52 Å². The van der Waals surface area contributed by atoms with Crippen LogP contribution in [0.3, 0.4) is 0 Å².